The Hall–Kier alpha value is -0.590. The van der Waals surface area contributed by atoms with E-state index in [1.165, 1.54) is 6.42 Å². The van der Waals surface area contributed by atoms with Gasteiger partial charge in [-0.1, -0.05) is 13.8 Å². The zero-order valence-corrected chi connectivity index (χ0v) is 13.1. The van der Waals surface area contributed by atoms with Crippen molar-refractivity contribution in [1.82, 2.24) is 10.2 Å². The first-order chi connectivity index (χ1) is 8.34. The topological polar surface area (TPSA) is 39.1 Å². The van der Waals surface area contributed by atoms with Crippen molar-refractivity contribution in [2.75, 3.05) is 20.6 Å². The molecule has 0 amide bonds. The second-order valence-corrected chi connectivity index (χ2v) is 6.11. The van der Waals surface area contributed by atoms with Gasteiger partial charge in [-0.3, -0.25) is 0 Å². The van der Waals surface area contributed by atoms with Gasteiger partial charge in [-0.2, -0.15) is 5.26 Å². The van der Waals surface area contributed by atoms with Crippen molar-refractivity contribution in [3.05, 3.63) is 0 Å². The largest absolute Gasteiger partial charge is 0.304 e. The highest BCUT2D eigenvalue weighted by atomic mass is 15.1. The molecule has 0 aromatic heterocycles. The van der Waals surface area contributed by atoms with Crippen LogP contribution in [0, 0.1) is 17.2 Å². The van der Waals surface area contributed by atoms with Crippen LogP contribution in [0.4, 0.5) is 0 Å². The van der Waals surface area contributed by atoms with Gasteiger partial charge in [-0.05, 0) is 66.1 Å². The SMILES string of the molecule is CNC(C)(C#N)CCCCN(C)C(C)CC(C)C. The molecule has 1 N–H and O–H groups in total. The zero-order valence-electron chi connectivity index (χ0n) is 13.1. The van der Waals surface area contributed by atoms with E-state index in [1.807, 2.05) is 14.0 Å². The molecule has 0 bridgehead atoms. The highest BCUT2D eigenvalue weighted by Crippen LogP contribution is 2.14. The maximum Gasteiger partial charge on any atom is 0.103 e. The third-order valence-electron chi connectivity index (χ3n) is 3.80. The molecular weight excluding hydrogens is 222 g/mol. The maximum atomic E-state index is 9.06. The average molecular weight is 253 g/mol. The molecule has 0 fully saturated rings. The Balaban J connectivity index is 3.82. The van der Waals surface area contributed by atoms with Crippen molar-refractivity contribution < 1.29 is 0 Å². The minimum atomic E-state index is -0.359. The predicted molar refractivity (Wildman–Crippen MR) is 78.5 cm³/mol. The Labute approximate surface area is 114 Å². The normalized spacial score (nSPS) is 16.6. The molecule has 2 unspecified atom stereocenters. The fourth-order valence-electron chi connectivity index (χ4n) is 2.16. The van der Waals surface area contributed by atoms with Crippen LogP contribution in [-0.4, -0.2) is 37.1 Å². The summed E-state index contributed by atoms with van der Waals surface area (Å²) in [5, 5.41) is 12.1. The van der Waals surface area contributed by atoms with E-state index in [2.05, 4.69) is 44.1 Å². The first-order valence-electron chi connectivity index (χ1n) is 7.15. The maximum absolute atomic E-state index is 9.06. The standard InChI is InChI=1S/C15H31N3/c1-13(2)11-14(3)18(6)10-8-7-9-15(4,12-16)17-5/h13-14,17H,7-11H2,1-6H3. The van der Waals surface area contributed by atoms with Crippen LogP contribution in [-0.2, 0) is 0 Å². The van der Waals surface area contributed by atoms with Gasteiger partial charge in [-0.15, -0.1) is 0 Å². The van der Waals surface area contributed by atoms with E-state index in [1.54, 1.807) is 0 Å². The summed E-state index contributed by atoms with van der Waals surface area (Å²) in [5.41, 5.74) is -0.359. The summed E-state index contributed by atoms with van der Waals surface area (Å²) in [5.74, 6) is 0.758. The fraction of sp³-hybridized carbons (Fsp3) is 0.933. The lowest BCUT2D eigenvalue weighted by molar-refractivity contribution is 0.222. The van der Waals surface area contributed by atoms with E-state index in [9.17, 15) is 0 Å². The molecular formula is C15H31N3. The van der Waals surface area contributed by atoms with Gasteiger partial charge in [-0.25, -0.2) is 0 Å². The molecule has 0 aromatic rings. The summed E-state index contributed by atoms with van der Waals surface area (Å²) >= 11 is 0. The third-order valence-corrected chi connectivity index (χ3v) is 3.80. The van der Waals surface area contributed by atoms with Gasteiger partial charge in [0, 0.05) is 6.04 Å². The van der Waals surface area contributed by atoms with E-state index < -0.39 is 0 Å². The van der Waals surface area contributed by atoms with E-state index >= 15 is 0 Å². The molecule has 3 nitrogen and oxygen atoms in total. The van der Waals surface area contributed by atoms with Crippen LogP contribution in [0.2, 0.25) is 0 Å². The summed E-state index contributed by atoms with van der Waals surface area (Å²) in [4.78, 5) is 2.43. The minimum Gasteiger partial charge on any atom is -0.304 e. The van der Waals surface area contributed by atoms with E-state index in [-0.39, 0.29) is 5.54 Å². The molecule has 106 valence electrons. The van der Waals surface area contributed by atoms with Gasteiger partial charge in [0.15, 0.2) is 0 Å². The molecule has 3 heteroatoms. The highest BCUT2D eigenvalue weighted by molar-refractivity contribution is 5.02. The third kappa shape index (κ3) is 6.98. The lowest BCUT2D eigenvalue weighted by Gasteiger charge is -2.27. The van der Waals surface area contributed by atoms with Crippen LogP contribution in [0.5, 0.6) is 0 Å². The first kappa shape index (κ1) is 17.4. The van der Waals surface area contributed by atoms with Crippen molar-refractivity contribution in [3.63, 3.8) is 0 Å². The van der Waals surface area contributed by atoms with Crippen molar-refractivity contribution in [2.45, 2.75) is 65.0 Å². The van der Waals surface area contributed by atoms with Crippen LogP contribution in [0.1, 0.15) is 53.4 Å². The van der Waals surface area contributed by atoms with E-state index in [0.717, 1.165) is 31.7 Å². The second kappa shape index (κ2) is 8.50. The van der Waals surface area contributed by atoms with Gasteiger partial charge in [0.05, 0.1) is 6.07 Å². The van der Waals surface area contributed by atoms with Gasteiger partial charge in [0.1, 0.15) is 5.54 Å². The molecule has 0 spiro atoms. The zero-order chi connectivity index (χ0) is 14.2. The smallest absolute Gasteiger partial charge is 0.103 e. The van der Waals surface area contributed by atoms with Gasteiger partial charge < -0.3 is 10.2 Å². The summed E-state index contributed by atoms with van der Waals surface area (Å²) in [6.07, 6.45) is 4.44. The number of nitrogens with zero attached hydrogens (tertiary/aromatic N) is 2. The van der Waals surface area contributed by atoms with Crippen molar-refractivity contribution in [1.29, 1.82) is 5.26 Å². The van der Waals surface area contributed by atoms with Crippen LogP contribution >= 0.6 is 0 Å². The minimum absolute atomic E-state index is 0.359. The molecule has 2 atom stereocenters. The monoisotopic (exact) mass is 253 g/mol. The van der Waals surface area contributed by atoms with Gasteiger partial charge in [0.2, 0.25) is 0 Å². The number of unbranched alkanes of at least 4 members (excludes halogenated alkanes) is 1. The Bertz CT molecular complexity index is 257. The summed E-state index contributed by atoms with van der Waals surface area (Å²) in [7, 11) is 4.06. The molecule has 0 saturated heterocycles. The molecule has 0 rings (SSSR count). The molecule has 0 aliphatic rings. The Kier molecular flexibility index (Phi) is 8.22. The van der Waals surface area contributed by atoms with E-state index in [0.29, 0.717) is 6.04 Å². The van der Waals surface area contributed by atoms with Crippen molar-refractivity contribution >= 4 is 0 Å². The number of nitrogens with one attached hydrogen (secondary N) is 1. The summed E-state index contributed by atoms with van der Waals surface area (Å²) in [6, 6.07) is 2.99. The highest BCUT2D eigenvalue weighted by Gasteiger charge is 2.20. The van der Waals surface area contributed by atoms with Crippen LogP contribution in [0.15, 0.2) is 0 Å². The quantitative estimate of drug-likeness (QED) is 0.642. The Morgan fingerprint density at radius 3 is 2.33 bits per heavy atom. The molecule has 18 heavy (non-hydrogen) atoms. The molecule has 0 aromatic carbocycles. The predicted octanol–water partition coefficient (Wildman–Crippen LogP) is 3.02. The number of hydrogen-bond acceptors (Lipinski definition) is 3. The number of hydrogen-bond donors (Lipinski definition) is 1. The first-order valence-corrected chi connectivity index (χ1v) is 7.15. The Morgan fingerprint density at radius 2 is 1.89 bits per heavy atom. The van der Waals surface area contributed by atoms with Crippen molar-refractivity contribution in [2.24, 2.45) is 5.92 Å². The molecule has 0 aliphatic carbocycles. The van der Waals surface area contributed by atoms with Gasteiger partial charge >= 0.3 is 0 Å². The molecule has 0 aliphatic heterocycles. The van der Waals surface area contributed by atoms with Crippen molar-refractivity contribution in [3.8, 4) is 6.07 Å². The summed E-state index contributed by atoms with van der Waals surface area (Å²) < 4.78 is 0. The average Bonchev–Trinajstić information content (AvgIpc) is 2.33. The molecule has 0 saturated carbocycles. The van der Waals surface area contributed by atoms with Crippen LogP contribution in [0.3, 0.4) is 0 Å². The van der Waals surface area contributed by atoms with Crippen LogP contribution < -0.4 is 5.32 Å². The fourth-order valence-corrected chi connectivity index (χ4v) is 2.16. The number of rotatable bonds is 9. The number of nitriles is 1. The second-order valence-electron chi connectivity index (χ2n) is 6.11. The lowest BCUT2D eigenvalue weighted by Crippen LogP contribution is -2.38. The Morgan fingerprint density at radius 1 is 1.28 bits per heavy atom. The molecule has 0 heterocycles. The molecule has 0 radical (unpaired) electrons. The van der Waals surface area contributed by atoms with Gasteiger partial charge in [0.25, 0.3) is 0 Å². The summed E-state index contributed by atoms with van der Waals surface area (Å²) in [6.45, 7) is 9.94. The lowest BCUT2D eigenvalue weighted by atomic mass is 9.96. The van der Waals surface area contributed by atoms with E-state index in [4.69, 9.17) is 5.26 Å². The van der Waals surface area contributed by atoms with Crippen LogP contribution in [0.25, 0.3) is 0 Å².